The summed E-state index contributed by atoms with van der Waals surface area (Å²) in [6.07, 6.45) is 2.05. The van der Waals surface area contributed by atoms with E-state index in [2.05, 4.69) is 15.4 Å². The van der Waals surface area contributed by atoms with E-state index in [0.29, 0.717) is 31.5 Å². The highest BCUT2D eigenvalue weighted by atomic mass is 32.1. The Bertz CT molecular complexity index is 1340. The van der Waals surface area contributed by atoms with Crippen LogP contribution in [0, 0.1) is 0 Å². The minimum Gasteiger partial charge on any atom is -0.497 e. The second kappa shape index (κ2) is 8.58. The molecule has 32 heavy (non-hydrogen) atoms. The average Bonchev–Trinajstić information content (AvgIpc) is 3.33. The molecule has 1 N–H and O–H groups in total. The lowest BCUT2D eigenvalue weighted by molar-refractivity contribution is 0.0933. The molecule has 0 spiro atoms. The Morgan fingerprint density at radius 2 is 2.16 bits per heavy atom. The van der Waals surface area contributed by atoms with Gasteiger partial charge in [0.2, 0.25) is 0 Å². The molecule has 1 unspecified atom stereocenters. The van der Waals surface area contributed by atoms with Crippen LogP contribution in [0.1, 0.15) is 34.6 Å². The number of hydrogen-bond acceptors (Lipinski definition) is 6. The minimum atomic E-state index is -0.121. The largest absolute Gasteiger partial charge is 0.497 e. The first-order valence-electron chi connectivity index (χ1n) is 10.5. The topological polar surface area (TPSA) is 91.0 Å². The fourth-order valence-corrected chi connectivity index (χ4v) is 4.75. The smallest absolute Gasteiger partial charge is 0.346 e. The monoisotopic (exact) mass is 449 g/mol. The van der Waals surface area contributed by atoms with Gasteiger partial charge in [0.05, 0.1) is 29.4 Å². The second-order valence-corrected chi connectivity index (χ2v) is 8.78. The van der Waals surface area contributed by atoms with Gasteiger partial charge >= 0.3 is 5.69 Å². The maximum Gasteiger partial charge on any atom is 0.346 e. The van der Waals surface area contributed by atoms with Crippen LogP contribution in [-0.2, 0) is 19.5 Å². The number of fused-ring (bicyclic) bond motifs is 2. The van der Waals surface area contributed by atoms with Gasteiger partial charge in [-0.15, -0.1) is 11.3 Å². The van der Waals surface area contributed by atoms with Crippen LogP contribution in [0.5, 0.6) is 5.75 Å². The molecule has 0 radical (unpaired) electrons. The summed E-state index contributed by atoms with van der Waals surface area (Å²) in [5.74, 6) is 1.40. The Hall–Kier alpha value is -3.46. The molecule has 3 heterocycles. The van der Waals surface area contributed by atoms with Crippen LogP contribution in [0.15, 0.2) is 52.8 Å². The number of rotatable bonds is 5. The molecule has 5 rings (SSSR count). The highest BCUT2D eigenvalue weighted by Crippen LogP contribution is 2.20. The molecule has 0 saturated carbocycles. The molecular weight excluding hydrogens is 426 g/mol. The van der Waals surface area contributed by atoms with E-state index in [0.717, 1.165) is 33.8 Å². The molecular formula is C23H23N5O3S. The Morgan fingerprint density at radius 1 is 1.25 bits per heavy atom. The van der Waals surface area contributed by atoms with Crippen molar-refractivity contribution in [2.24, 2.45) is 0 Å². The highest BCUT2D eigenvalue weighted by molar-refractivity contribution is 7.16. The van der Waals surface area contributed by atoms with Gasteiger partial charge in [0.15, 0.2) is 0 Å². The number of nitrogens with zero attached hydrogens (tertiary/aromatic N) is 4. The normalized spacial score (nSPS) is 15.8. The number of hydrogen-bond donors (Lipinski definition) is 1. The number of carbonyl (C=O) groups excluding carboxylic acids is 1. The van der Waals surface area contributed by atoms with Gasteiger partial charge in [-0.2, -0.15) is 5.10 Å². The van der Waals surface area contributed by atoms with Gasteiger partial charge in [0.1, 0.15) is 11.6 Å². The number of benzene rings is 2. The van der Waals surface area contributed by atoms with E-state index in [1.165, 1.54) is 4.68 Å². The first-order chi connectivity index (χ1) is 15.6. The Morgan fingerprint density at radius 3 is 3.03 bits per heavy atom. The molecule has 0 aliphatic carbocycles. The lowest BCUT2D eigenvalue weighted by atomic mass is 10.1. The first kappa shape index (κ1) is 20.4. The first-order valence-corrected chi connectivity index (χ1v) is 11.4. The molecule has 0 bridgehead atoms. The average molecular weight is 450 g/mol. The van der Waals surface area contributed by atoms with E-state index in [1.54, 1.807) is 28.5 Å². The number of aryl methyl sites for hydroxylation is 1. The molecule has 1 amide bonds. The summed E-state index contributed by atoms with van der Waals surface area (Å²) in [5.41, 5.74) is 4.05. The number of aromatic nitrogens is 4. The lowest BCUT2D eigenvalue weighted by Crippen LogP contribution is -2.35. The van der Waals surface area contributed by atoms with Gasteiger partial charge in [-0.25, -0.2) is 14.5 Å². The zero-order chi connectivity index (χ0) is 22.1. The zero-order valence-electron chi connectivity index (χ0n) is 17.7. The number of carbonyl (C=O) groups is 1. The van der Waals surface area contributed by atoms with Crippen LogP contribution in [0.2, 0.25) is 0 Å². The maximum absolute atomic E-state index is 12.9. The number of thiazole rings is 1. The number of amides is 1. The van der Waals surface area contributed by atoms with E-state index in [9.17, 15) is 9.59 Å². The van der Waals surface area contributed by atoms with Crippen molar-refractivity contribution in [2.45, 2.75) is 38.4 Å². The summed E-state index contributed by atoms with van der Waals surface area (Å²) < 4.78 is 9.56. The predicted octanol–water partition coefficient (Wildman–Crippen LogP) is 2.85. The standard InChI is InChI=1S/C23H23N5O3S/c1-31-18-4-2-3-15(11-18)13-28-23(30)27-10-9-17(6-8-21(27)26-28)25-22(29)16-5-7-20-19(12-16)24-14-32-20/h2-5,7,11-12,14,17H,6,8-10,13H2,1H3,(H,25,29). The Labute approximate surface area is 188 Å². The van der Waals surface area contributed by atoms with Gasteiger partial charge in [-0.3, -0.25) is 9.36 Å². The SMILES string of the molecule is COc1cccc(Cn2nc3n(c2=O)CCC(NC(=O)c2ccc4scnc4c2)CC3)c1. The molecule has 1 aliphatic rings. The summed E-state index contributed by atoms with van der Waals surface area (Å²) in [7, 11) is 1.62. The third-order valence-corrected chi connectivity index (χ3v) is 6.62. The fourth-order valence-electron chi connectivity index (χ4n) is 4.09. The van der Waals surface area contributed by atoms with Crippen LogP contribution in [0.25, 0.3) is 10.2 Å². The van der Waals surface area contributed by atoms with Crippen LogP contribution >= 0.6 is 11.3 Å². The quantitative estimate of drug-likeness (QED) is 0.506. The van der Waals surface area contributed by atoms with Crippen molar-refractivity contribution in [3.05, 3.63) is 75.4 Å². The predicted molar refractivity (Wildman–Crippen MR) is 122 cm³/mol. The van der Waals surface area contributed by atoms with E-state index >= 15 is 0 Å². The molecule has 2 aromatic heterocycles. The summed E-state index contributed by atoms with van der Waals surface area (Å²) in [6, 6.07) is 13.2. The zero-order valence-corrected chi connectivity index (χ0v) is 18.5. The van der Waals surface area contributed by atoms with E-state index in [1.807, 2.05) is 42.5 Å². The van der Waals surface area contributed by atoms with Gasteiger partial charge < -0.3 is 10.1 Å². The van der Waals surface area contributed by atoms with Crippen molar-refractivity contribution >= 4 is 27.5 Å². The van der Waals surface area contributed by atoms with Gasteiger partial charge in [0.25, 0.3) is 5.91 Å². The van der Waals surface area contributed by atoms with Crippen LogP contribution in [0.3, 0.4) is 0 Å². The van der Waals surface area contributed by atoms with E-state index in [-0.39, 0.29) is 17.6 Å². The molecule has 0 saturated heterocycles. The number of methoxy groups -OCH3 is 1. The van der Waals surface area contributed by atoms with Crippen molar-refractivity contribution < 1.29 is 9.53 Å². The molecule has 9 heteroatoms. The Kier molecular flexibility index (Phi) is 5.48. The Balaban J connectivity index is 1.26. The molecule has 164 valence electrons. The van der Waals surface area contributed by atoms with Gasteiger partial charge in [0, 0.05) is 24.6 Å². The molecule has 0 fully saturated rings. The van der Waals surface area contributed by atoms with Crippen molar-refractivity contribution in [1.29, 1.82) is 0 Å². The molecule has 8 nitrogen and oxygen atoms in total. The molecule has 4 aromatic rings. The second-order valence-electron chi connectivity index (χ2n) is 7.89. The molecule has 1 aliphatic heterocycles. The van der Waals surface area contributed by atoms with Crippen molar-refractivity contribution in [3.8, 4) is 5.75 Å². The summed E-state index contributed by atoms with van der Waals surface area (Å²) >= 11 is 1.55. The minimum absolute atomic E-state index is 0.0124. The van der Waals surface area contributed by atoms with Crippen LogP contribution in [-0.4, -0.2) is 38.4 Å². The van der Waals surface area contributed by atoms with Crippen molar-refractivity contribution in [3.63, 3.8) is 0 Å². The summed E-state index contributed by atoms with van der Waals surface area (Å²) in [4.78, 5) is 29.9. The highest BCUT2D eigenvalue weighted by Gasteiger charge is 2.22. The fraction of sp³-hybridized carbons (Fsp3) is 0.304. The number of nitrogens with one attached hydrogen (secondary N) is 1. The lowest BCUT2D eigenvalue weighted by Gasteiger charge is -2.16. The van der Waals surface area contributed by atoms with Gasteiger partial charge in [-0.05, 0) is 48.7 Å². The molecule has 2 aromatic carbocycles. The van der Waals surface area contributed by atoms with E-state index < -0.39 is 0 Å². The van der Waals surface area contributed by atoms with Crippen molar-refractivity contribution in [2.75, 3.05) is 7.11 Å². The summed E-state index contributed by atoms with van der Waals surface area (Å²) in [5, 5.41) is 7.68. The number of ether oxygens (including phenoxy) is 1. The molecule has 1 atom stereocenters. The summed E-state index contributed by atoms with van der Waals surface area (Å²) in [6.45, 7) is 0.928. The van der Waals surface area contributed by atoms with E-state index in [4.69, 9.17) is 4.74 Å². The van der Waals surface area contributed by atoms with Crippen molar-refractivity contribution in [1.82, 2.24) is 24.6 Å². The maximum atomic E-state index is 12.9. The third-order valence-electron chi connectivity index (χ3n) is 5.81. The van der Waals surface area contributed by atoms with Gasteiger partial charge in [-0.1, -0.05) is 12.1 Å². The van der Waals surface area contributed by atoms with Crippen LogP contribution < -0.4 is 15.7 Å². The van der Waals surface area contributed by atoms with Crippen LogP contribution in [0.4, 0.5) is 0 Å². The third kappa shape index (κ3) is 4.03.